The zero-order chi connectivity index (χ0) is 12.8. The molecule has 98 valence electrons. The van der Waals surface area contributed by atoms with Crippen LogP contribution in [0.1, 0.15) is 23.3 Å². The van der Waals surface area contributed by atoms with Crippen molar-refractivity contribution in [1.29, 1.82) is 0 Å². The Hall–Kier alpha value is -1.23. The Balaban J connectivity index is 1.86. The van der Waals surface area contributed by atoms with Gasteiger partial charge in [0, 0.05) is 13.6 Å². The molecule has 0 radical (unpaired) electrons. The van der Waals surface area contributed by atoms with Crippen molar-refractivity contribution in [3.8, 4) is 0 Å². The van der Waals surface area contributed by atoms with Crippen molar-refractivity contribution in [1.82, 2.24) is 10.3 Å². The fourth-order valence-electron chi connectivity index (χ4n) is 1.98. The lowest BCUT2D eigenvalue weighted by Gasteiger charge is -2.21. The van der Waals surface area contributed by atoms with Crippen LogP contribution in [0.25, 0.3) is 0 Å². The van der Waals surface area contributed by atoms with Crippen LogP contribution in [0.15, 0.2) is 18.2 Å². The molecule has 0 aliphatic carbocycles. The maximum atomic E-state index is 11.9. The third kappa shape index (κ3) is 3.63. The minimum atomic E-state index is -0.0784. The lowest BCUT2D eigenvalue weighted by molar-refractivity contribution is 0.0941. The smallest absolute Gasteiger partial charge is 0.269 e. The highest BCUT2D eigenvalue weighted by Gasteiger charge is 2.15. The quantitative estimate of drug-likeness (QED) is 0.874. The molecule has 0 bridgehead atoms. The zero-order valence-corrected chi connectivity index (χ0v) is 11.4. The first-order chi connectivity index (χ1) is 8.79. The van der Waals surface area contributed by atoms with Gasteiger partial charge in [0.05, 0.1) is 0 Å². The van der Waals surface area contributed by atoms with Crippen molar-refractivity contribution in [2.45, 2.75) is 12.8 Å². The molecular formula is C13H19N3OS. The number of hydrogen-bond acceptors (Lipinski definition) is 4. The van der Waals surface area contributed by atoms with E-state index in [0.717, 1.165) is 12.4 Å². The summed E-state index contributed by atoms with van der Waals surface area (Å²) in [6.07, 6.45) is 2.41. The molecule has 0 atom stereocenters. The number of hydrogen-bond donors (Lipinski definition) is 2. The van der Waals surface area contributed by atoms with Crippen LogP contribution in [0.3, 0.4) is 0 Å². The predicted molar refractivity (Wildman–Crippen MR) is 76.2 cm³/mol. The molecule has 2 rings (SSSR count). The number of thioether (sulfide) groups is 1. The molecule has 0 unspecified atom stereocenters. The molecule has 1 aromatic rings. The Morgan fingerprint density at radius 2 is 2.22 bits per heavy atom. The van der Waals surface area contributed by atoms with Crippen molar-refractivity contribution in [3.63, 3.8) is 0 Å². The minimum absolute atomic E-state index is 0.0784. The van der Waals surface area contributed by atoms with E-state index >= 15 is 0 Å². The molecule has 18 heavy (non-hydrogen) atoms. The van der Waals surface area contributed by atoms with Gasteiger partial charge in [-0.2, -0.15) is 11.8 Å². The highest BCUT2D eigenvalue weighted by molar-refractivity contribution is 7.99. The van der Waals surface area contributed by atoms with E-state index in [4.69, 9.17) is 0 Å². The summed E-state index contributed by atoms with van der Waals surface area (Å²) in [5.41, 5.74) is 0.479. The van der Waals surface area contributed by atoms with Gasteiger partial charge >= 0.3 is 0 Å². The minimum Gasteiger partial charge on any atom is -0.373 e. The summed E-state index contributed by atoms with van der Waals surface area (Å²) >= 11 is 2.00. The first-order valence-corrected chi connectivity index (χ1v) is 7.46. The van der Waals surface area contributed by atoms with Crippen LogP contribution in [0, 0.1) is 5.92 Å². The van der Waals surface area contributed by atoms with E-state index in [0.29, 0.717) is 11.6 Å². The number of pyridine rings is 1. The SMILES string of the molecule is CNc1cccc(C(=O)NCC2CCSCC2)n1. The highest BCUT2D eigenvalue weighted by Crippen LogP contribution is 2.21. The van der Waals surface area contributed by atoms with Crippen LogP contribution in [0.4, 0.5) is 5.82 Å². The molecule has 1 fully saturated rings. The van der Waals surface area contributed by atoms with E-state index in [1.54, 1.807) is 13.1 Å². The van der Waals surface area contributed by atoms with Gasteiger partial charge in [-0.05, 0) is 42.4 Å². The summed E-state index contributed by atoms with van der Waals surface area (Å²) in [4.78, 5) is 16.2. The van der Waals surface area contributed by atoms with Gasteiger partial charge in [-0.25, -0.2) is 4.98 Å². The van der Waals surface area contributed by atoms with Crippen LogP contribution >= 0.6 is 11.8 Å². The number of carbonyl (C=O) groups is 1. The van der Waals surface area contributed by atoms with Crippen LogP contribution in [0.2, 0.25) is 0 Å². The van der Waals surface area contributed by atoms with Gasteiger partial charge in [-0.3, -0.25) is 4.79 Å². The summed E-state index contributed by atoms with van der Waals surface area (Å²) < 4.78 is 0. The van der Waals surface area contributed by atoms with E-state index in [2.05, 4.69) is 15.6 Å². The molecule has 2 heterocycles. The Morgan fingerprint density at radius 3 is 2.94 bits per heavy atom. The second-order valence-electron chi connectivity index (χ2n) is 4.42. The Kier molecular flexibility index (Phi) is 4.87. The molecule has 1 aromatic heterocycles. The molecule has 0 saturated carbocycles. The molecule has 0 aromatic carbocycles. The fourth-order valence-corrected chi connectivity index (χ4v) is 3.18. The van der Waals surface area contributed by atoms with Gasteiger partial charge in [0.2, 0.25) is 0 Å². The number of aromatic nitrogens is 1. The third-order valence-electron chi connectivity index (χ3n) is 3.13. The van der Waals surface area contributed by atoms with Gasteiger partial charge in [-0.1, -0.05) is 6.07 Å². The van der Waals surface area contributed by atoms with Crippen molar-refractivity contribution >= 4 is 23.5 Å². The average Bonchev–Trinajstić information content (AvgIpc) is 2.46. The van der Waals surface area contributed by atoms with Crippen LogP contribution in [-0.2, 0) is 0 Å². The van der Waals surface area contributed by atoms with Crippen molar-refractivity contribution in [3.05, 3.63) is 23.9 Å². The summed E-state index contributed by atoms with van der Waals surface area (Å²) in [6, 6.07) is 5.42. The van der Waals surface area contributed by atoms with E-state index in [1.165, 1.54) is 24.3 Å². The zero-order valence-electron chi connectivity index (χ0n) is 10.6. The van der Waals surface area contributed by atoms with Crippen molar-refractivity contribution in [2.75, 3.05) is 30.4 Å². The number of carbonyl (C=O) groups excluding carboxylic acids is 1. The maximum Gasteiger partial charge on any atom is 0.269 e. The lowest BCUT2D eigenvalue weighted by atomic mass is 10.0. The monoisotopic (exact) mass is 265 g/mol. The van der Waals surface area contributed by atoms with Crippen molar-refractivity contribution < 1.29 is 4.79 Å². The summed E-state index contributed by atoms with van der Waals surface area (Å²) in [5.74, 6) is 3.70. The first kappa shape index (κ1) is 13.2. The third-order valence-corrected chi connectivity index (χ3v) is 4.18. The molecule has 5 heteroatoms. The molecular weight excluding hydrogens is 246 g/mol. The number of nitrogens with one attached hydrogen (secondary N) is 2. The maximum absolute atomic E-state index is 11.9. The highest BCUT2D eigenvalue weighted by atomic mass is 32.2. The summed E-state index contributed by atoms with van der Waals surface area (Å²) in [5, 5.41) is 5.92. The van der Waals surface area contributed by atoms with Crippen LogP contribution < -0.4 is 10.6 Å². The number of nitrogens with zero attached hydrogens (tertiary/aromatic N) is 1. The predicted octanol–water partition coefficient (Wildman–Crippen LogP) is 2.00. The van der Waals surface area contributed by atoms with Crippen LogP contribution in [-0.4, -0.2) is 36.0 Å². The normalized spacial score (nSPS) is 16.3. The van der Waals surface area contributed by atoms with E-state index in [-0.39, 0.29) is 5.91 Å². The van der Waals surface area contributed by atoms with Gasteiger partial charge < -0.3 is 10.6 Å². The van der Waals surface area contributed by atoms with Gasteiger partial charge in [0.25, 0.3) is 5.91 Å². The second kappa shape index (κ2) is 6.64. The average molecular weight is 265 g/mol. The molecule has 4 nitrogen and oxygen atoms in total. The van der Waals surface area contributed by atoms with E-state index in [1.807, 2.05) is 23.9 Å². The lowest BCUT2D eigenvalue weighted by Crippen LogP contribution is -2.31. The summed E-state index contributed by atoms with van der Waals surface area (Å²) in [6.45, 7) is 0.769. The van der Waals surface area contributed by atoms with E-state index < -0.39 is 0 Å². The second-order valence-corrected chi connectivity index (χ2v) is 5.65. The van der Waals surface area contributed by atoms with Crippen molar-refractivity contribution in [2.24, 2.45) is 5.92 Å². The number of anilines is 1. The first-order valence-electron chi connectivity index (χ1n) is 6.30. The van der Waals surface area contributed by atoms with E-state index in [9.17, 15) is 4.79 Å². The summed E-state index contributed by atoms with van der Waals surface area (Å²) in [7, 11) is 1.80. The molecule has 2 N–H and O–H groups in total. The Labute approximate surface area is 112 Å². The molecule has 1 aliphatic rings. The molecule has 1 amide bonds. The number of amides is 1. The fraction of sp³-hybridized carbons (Fsp3) is 0.538. The van der Waals surface area contributed by atoms with Gasteiger partial charge in [-0.15, -0.1) is 0 Å². The largest absolute Gasteiger partial charge is 0.373 e. The standard InChI is InChI=1S/C13H19N3OS/c1-14-12-4-2-3-11(16-12)13(17)15-9-10-5-7-18-8-6-10/h2-4,10H,5-9H2,1H3,(H,14,16)(H,15,17). The topological polar surface area (TPSA) is 54.0 Å². The molecule has 0 spiro atoms. The van der Waals surface area contributed by atoms with Gasteiger partial charge in [0.1, 0.15) is 11.5 Å². The molecule has 1 saturated heterocycles. The Bertz CT molecular complexity index is 405. The Morgan fingerprint density at radius 1 is 1.44 bits per heavy atom. The van der Waals surface area contributed by atoms with Crippen LogP contribution in [0.5, 0.6) is 0 Å². The number of rotatable bonds is 4. The van der Waals surface area contributed by atoms with Gasteiger partial charge in [0.15, 0.2) is 0 Å². The molecule has 1 aliphatic heterocycles.